The molecule has 0 unspecified atom stereocenters. The number of carbonyl (C=O) groups is 1. The molecule has 0 saturated carbocycles. The van der Waals surface area contributed by atoms with Crippen LogP contribution in [0.15, 0.2) is 75.9 Å². The van der Waals surface area contributed by atoms with Gasteiger partial charge < -0.3 is 8.83 Å². The Morgan fingerprint density at radius 2 is 1.12 bits per heavy atom. The first-order valence-corrected chi connectivity index (χ1v) is 9.02. The molecule has 0 radical (unpaired) electrons. The van der Waals surface area contributed by atoms with Gasteiger partial charge in [0.05, 0.1) is 0 Å². The Labute approximate surface area is 162 Å². The molecule has 0 aliphatic carbocycles. The smallest absolute Gasteiger partial charge is 0.347 e. The third-order valence-electron chi connectivity index (χ3n) is 3.88. The number of carbonyl (C=O) groups excluding carboxylic acids is 1. The van der Waals surface area contributed by atoms with Gasteiger partial charge in [-0.3, -0.25) is 4.79 Å². The van der Waals surface area contributed by atoms with E-state index in [0.29, 0.717) is 21.9 Å². The minimum Gasteiger partial charge on any atom is -0.422 e. The average Bonchev–Trinajstić information content (AvgIpc) is 2.60. The summed E-state index contributed by atoms with van der Waals surface area (Å²) in [6.45, 7) is 0. The molecule has 26 heavy (non-hydrogen) atoms. The largest absolute Gasteiger partial charge is 0.422 e. The highest BCUT2D eigenvalue weighted by molar-refractivity contribution is 9.10. The summed E-state index contributed by atoms with van der Waals surface area (Å²) in [6, 6.07) is 13.0. The summed E-state index contributed by atoms with van der Waals surface area (Å²) in [5, 5.41) is 1.13. The Hall–Kier alpha value is -2.51. The maximum Gasteiger partial charge on any atom is 0.347 e. The number of benzene rings is 2. The van der Waals surface area contributed by atoms with Gasteiger partial charge in [0, 0.05) is 19.7 Å². The summed E-state index contributed by atoms with van der Waals surface area (Å²) >= 11 is 6.66. The lowest BCUT2D eigenvalue weighted by atomic mass is 10.0. The quantitative estimate of drug-likeness (QED) is 0.311. The Morgan fingerprint density at radius 3 is 1.54 bits per heavy atom. The van der Waals surface area contributed by atoms with Crippen molar-refractivity contribution >= 4 is 59.6 Å². The Bertz CT molecular complexity index is 1220. The molecule has 2 heterocycles. The van der Waals surface area contributed by atoms with Crippen molar-refractivity contribution in [2.45, 2.75) is 0 Å². The molecule has 0 bridgehead atoms. The molecule has 0 aliphatic rings. The number of halogens is 2. The van der Waals surface area contributed by atoms with Crippen molar-refractivity contribution in [3.63, 3.8) is 0 Å². The molecule has 4 aromatic rings. The van der Waals surface area contributed by atoms with Gasteiger partial charge in [-0.1, -0.05) is 31.9 Å². The molecule has 2 aromatic heterocycles. The van der Waals surface area contributed by atoms with E-state index in [9.17, 15) is 14.4 Å². The van der Waals surface area contributed by atoms with Crippen molar-refractivity contribution in [3.05, 3.63) is 89.4 Å². The SMILES string of the molecule is O=C(c1cc2cc(Br)ccc2oc1=O)c1cc2cc(Br)ccc2oc1=O. The summed E-state index contributed by atoms with van der Waals surface area (Å²) < 4.78 is 11.9. The fourth-order valence-corrected chi connectivity index (χ4v) is 3.41. The predicted molar refractivity (Wildman–Crippen MR) is 104 cm³/mol. The van der Waals surface area contributed by atoms with Gasteiger partial charge in [0.25, 0.3) is 0 Å². The van der Waals surface area contributed by atoms with Gasteiger partial charge in [-0.25, -0.2) is 9.59 Å². The molecule has 2 aromatic carbocycles. The van der Waals surface area contributed by atoms with Crippen molar-refractivity contribution in [1.29, 1.82) is 0 Å². The van der Waals surface area contributed by atoms with Crippen molar-refractivity contribution < 1.29 is 13.6 Å². The van der Waals surface area contributed by atoms with Crippen LogP contribution < -0.4 is 11.3 Å². The van der Waals surface area contributed by atoms with E-state index in [-0.39, 0.29) is 11.1 Å². The van der Waals surface area contributed by atoms with E-state index in [1.165, 1.54) is 12.1 Å². The molecule has 5 nitrogen and oxygen atoms in total. The van der Waals surface area contributed by atoms with Gasteiger partial charge in [-0.05, 0) is 48.5 Å². The van der Waals surface area contributed by atoms with Crippen LogP contribution in [0, 0.1) is 0 Å². The molecule has 0 amide bonds. The topological polar surface area (TPSA) is 77.5 Å². The van der Waals surface area contributed by atoms with Crippen LogP contribution >= 0.6 is 31.9 Å². The highest BCUT2D eigenvalue weighted by Gasteiger charge is 2.20. The Kier molecular flexibility index (Phi) is 4.13. The molecule has 0 N–H and O–H groups in total. The van der Waals surface area contributed by atoms with E-state index in [1.807, 2.05) is 0 Å². The van der Waals surface area contributed by atoms with Crippen molar-refractivity contribution in [2.75, 3.05) is 0 Å². The van der Waals surface area contributed by atoms with Gasteiger partial charge >= 0.3 is 11.3 Å². The maximum absolute atomic E-state index is 12.8. The molecule has 128 valence electrons. The van der Waals surface area contributed by atoms with Gasteiger partial charge in [-0.2, -0.15) is 0 Å². The Balaban J connectivity index is 1.92. The number of fused-ring (bicyclic) bond motifs is 2. The molecule has 0 spiro atoms. The van der Waals surface area contributed by atoms with Gasteiger partial charge in [0.15, 0.2) is 0 Å². The zero-order valence-electron chi connectivity index (χ0n) is 12.9. The molecule has 7 heteroatoms. The fourth-order valence-electron chi connectivity index (χ4n) is 2.65. The standard InChI is InChI=1S/C19H8Br2O5/c20-11-1-3-15-9(5-11)7-13(18(23)25-15)17(22)14-8-10-6-12(21)2-4-16(10)26-19(14)24/h1-8H. The lowest BCUT2D eigenvalue weighted by Gasteiger charge is -2.03. The number of rotatable bonds is 2. The van der Waals surface area contributed by atoms with Gasteiger partial charge in [-0.15, -0.1) is 0 Å². The number of hydrogen-bond acceptors (Lipinski definition) is 5. The van der Waals surface area contributed by atoms with Crippen molar-refractivity contribution in [3.8, 4) is 0 Å². The summed E-state index contributed by atoms with van der Waals surface area (Å²) in [5.74, 6) is -0.740. The molecule has 0 aliphatic heterocycles. The number of ketones is 1. The third kappa shape index (κ3) is 2.93. The third-order valence-corrected chi connectivity index (χ3v) is 4.86. The minimum atomic E-state index is -0.807. The Morgan fingerprint density at radius 1 is 0.692 bits per heavy atom. The lowest BCUT2D eigenvalue weighted by Crippen LogP contribution is -2.20. The van der Waals surface area contributed by atoms with Crippen LogP contribution in [0.1, 0.15) is 15.9 Å². The fraction of sp³-hybridized carbons (Fsp3) is 0. The van der Waals surface area contributed by atoms with Crippen LogP contribution in [0.3, 0.4) is 0 Å². The van der Waals surface area contributed by atoms with Crippen molar-refractivity contribution in [2.24, 2.45) is 0 Å². The first kappa shape index (κ1) is 16.9. The average molecular weight is 476 g/mol. The number of hydrogen-bond donors (Lipinski definition) is 0. The zero-order chi connectivity index (χ0) is 18.4. The molecule has 0 fully saturated rings. The predicted octanol–water partition coefficient (Wildman–Crippen LogP) is 4.66. The van der Waals surface area contributed by atoms with E-state index in [4.69, 9.17) is 8.83 Å². The second-order valence-corrected chi connectivity index (χ2v) is 7.42. The summed E-state index contributed by atoms with van der Waals surface area (Å²) in [7, 11) is 0. The molecule has 0 saturated heterocycles. The van der Waals surface area contributed by atoms with E-state index < -0.39 is 17.0 Å². The molecular formula is C19H8Br2O5. The normalized spacial score (nSPS) is 11.2. The van der Waals surface area contributed by atoms with E-state index in [2.05, 4.69) is 31.9 Å². The van der Waals surface area contributed by atoms with Crippen LogP contribution in [0.4, 0.5) is 0 Å². The first-order valence-electron chi connectivity index (χ1n) is 7.44. The summed E-state index contributed by atoms with van der Waals surface area (Å²) in [5.41, 5.74) is -1.36. The lowest BCUT2D eigenvalue weighted by molar-refractivity contribution is 0.103. The van der Waals surface area contributed by atoms with Crippen LogP contribution in [-0.4, -0.2) is 5.78 Å². The molecular weight excluding hydrogens is 468 g/mol. The summed E-state index contributed by atoms with van der Waals surface area (Å²) in [4.78, 5) is 37.2. The highest BCUT2D eigenvalue weighted by atomic mass is 79.9. The first-order chi connectivity index (χ1) is 12.4. The second kappa shape index (κ2) is 6.34. The van der Waals surface area contributed by atoms with Crippen LogP contribution in [0.5, 0.6) is 0 Å². The van der Waals surface area contributed by atoms with Crippen LogP contribution in [-0.2, 0) is 0 Å². The monoisotopic (exact) mass is 474 g/mol. The van der Waals surface area contributed by atoms with E-state index in [1.54, 1.807) is 36.4 Å². The molecule has 0 atom stereocenters. The van der Waals surface area contributed by atoms with Crippen LogP contribution in [0.25, 0.3) is 21.9 Å². The summed E-state index contributed by atoms with van der Waals surface area (Å²) in [6.07, 6.45) is 0. The minimum absolute atomic E-state index is 0.225. The zero-order valence-corrected chi connectivity index (χ0v) is 16.1. The van der Waals surface area contributed by atoms with E-state index >= 15 is 0 Å². The van der Waals surface area contributed by atoms with Crippen molar-refractivity contribution in [1.82, 2.24) is 0 Å². The maximum atomic E-state index is 12.8. The second-order valence-electron chi connectivity index (χ2n) is 5.59. The van der Waals surface area contributed by atoms with Gasteiger partial charge in [0.2, 0.25) is 5.78 Å². The van der Waals surface area contributed by atoms with E-state index in [0.717, 1.165) is 8.95 Å². The van der Waals surface area contributed by atoms with Crippen LogP contribution in [0.2, 0.25) is 0 Å². The van der Waals surface area contributed by atoms with Gasteiger partial charge in [0.1, 0.15) is 22.3 Å². The molecule has 4 rings (SSSR count). The highest BCUT2D eigenvalue weighted by Crippen LogP contribution is 2.22.